The van der Waals surface area contributed by atoms with E-state index in [0.717, 1.165) is 19.3 Å². The lowest BCUT2D eigenvalue weighted by Crippen LogP contribution is -1.74. The third kappa shape index (κ3) is 7.21. The fourth-order valence-electron chi connectivity index (χ4n) is 0.551. The molecule has 2 heteroatoms. The van der Waals surface area contributed by atoms with Gasteiger partial charge in [0.25, 0.3) is 0 Å². The van der Waals surface area contributed by atoms with Gasteiger partial charge in [0.1, 0.15) is 0 Å². The summed E-state index contributed by atoms with van der Waals surface area (Å²) in [6.07, 6.45) is 8.64. The Morgan fingerprint density at radius 3 is 2.78 bits per heavy atom. The predicted molar refractivity (Wildman–Crippen MR) is 38.9 cm³/mol. The van der Waals surface area contributed by atoms with Crippen molar-refractivity contribution in [1.29, 1.82) is 0 Å². The molecule has 1 N–H and O–H groups in total. The van der Waals surface area contributed by atoms with Crippen LogP contribution >= 0.6 is 0 Å². The average Bonchev–Trinajstić information content (AvgIpc) is 1.89. The Morgan fingerprint density at radius 1 is 1.44 bits per heavy atom. The van der Waals surface area contributed by atoms with Crippen molar-refractivity contribution in [2.75, 3.05) is 0 Å². The Morgan fingerprint density at radius 2 is 2.22 bits per heavy atom. The highest BCUT2D eigenvalue weighted by Crippen LogP contribution is 1.93. The van der Waals surface area contributed by atoms with Gasteiger partial charge in [-0.25, -0.2) is 0 Å². The molecule has 52 valence electrons. The number of nitrogens with zero attached hydrogens (tertiary/aromatic N) is 1. The van der Waals surface area contributed by atoms with Gasteiger partial charge in [-0.1, -0.05) is 12.2 Å². The molecule has 9 heavy (non-hydrogen) atoms. The number of allylic oxidation sites excluding steroid dienone is 2. The molecular formula is C7H13NO. The monoisotopic (exact) mass is 127 g/mol. The number of hydrogen-bond donors (Lipinski definition) is 1. The molecule has 0 aromatic carbocycles. The molecule has 0 fully saturated rings. The van der Waals surface area contributed by atoms with Crippen LogP contribution in [0.15, 0.2) is 17.3 Å². The smallest absolute Gasteiger partial charge is 0.0436 e. The van der Waals surface area contributed by atoms with Crippen molar-refractivity contribution >= 4 is 6.21 Å². The standard InChI is InChI=1S/C7H13NO/c1-2-3-4-5-6-7-8-9/h2-3,7,9H,4-6H2,1H3. The van der Waals surface area contributed by atoms with E-state index in [1.165, 1.54) is 6.21 Å². The zero-order valence-electron chi connectivity index (χ0n) is 5.75. The summed E-state index contributed by atoms with van der Waals surface area (Å²) in [7, 11) is 0. The SMILES string of the molecule is CC=CCCCC=NO. The first-order chi connectivity index (χ1) is 4.41. The average molecular weight is 127 g/mol. The van der Waals surface area contributed by atoms with Crippen molar-refractivity contribution in [3.8, 4) is 0 Å². The van der Waals surface area contributed by atoms with Crippen LogP contribution in [0, 0.1) is 0 Å². The Bertz CT molecular complexity index is 85.1. The Balaban J connectivity index is 2.91. The van der Waals surface area contributed by atoms with Crippen LogP contribution in [0.25, 0.3) is 0 Å². The van der Waals surface area contributed by atoms with Crippen LogP contribution in [0.3, 0.4) is 0 Å². The van der Waals surface area contributed by atoms with Crippen molar-refractivity contribution < 1.29 is 5.21 Å². The zero-order valence-corrected chi connectivity index (χ0v) is 5.75. The van der Waals surface area contributed by atoms with Crippen LogP contribution < -0.4 is 0 Å². The second-order valence-electron chi connectivity index (χ2n) is 1.80. The molecule has 0 aliphatic carbocycles. The quantitative estimate of drug-likeness (QED) is 0.203. The third-order valence-electron chi connectivity index (χ3n) is 1.02. The van der Waals surface area contributed by atoms with Crippen molar-refractivity contribution in [3.63, 3.8) is 0 Å². The molecule has 0 saturated heterocycles. The number of rotatable bonds is 4. The molecule has 0 amide bonds. The van der Waals surface area contributed by atoms with Crippen LogP contribution in [0.4, 0.5) is 0 Å². The maximum absolute atomic E-state index is 7.97. The number of unbranched alkanes of at least 4 members (excludes halogenated alkanes) is 2. The Labute approximate surface area is 55.9 Å². The summed E-state index contributed by atoms with van der Waals surface area (Å²) < 4.78 is 0. The minimum Gasteiger partial charge on any atom is -0.411 e. The minimum absolute atomic E-state index is 0.862. The lowest BCUT2D eigenvalue weighted by Gasteiger charge is -1.85. The van der Waals surface area contributed by atoms with E-state index in [1.807, 2.05) is 13.0 Å². The van der Waals surface area contributed by atoms with Gasteiger partial charge in [0.2, 0.25) is 0 Å². The summed E-state index contributed by atoms with van der Waals surface area (Å²) in [6.45, 7) is 2.00. The number of hydrogen-bond acceptors (Lipinski definition) is 2. The Hall–Kier alpha value is -0.790. The summed E-state index contributed by atoms with van der Waals surface area (Å²) in [5, 5.41) is 10.9. The largest absolute Gasteiger partial charge is 0.411 e. The third-order valence-corrected chi connectivity index (χ3v) is 1.02. The van der Waals surface area contributed by atoms with E-state index in [2.05, 4.69) is 11.2 Å². The second kappa shape index (κ2) is 7.21. The lowest BCUT2D eigenvalue weighted by atomic mass is 10.2. The molecule has 0 radical (unpaired) electrons. The topological polar surface area (TPSA) is 32.6 Å². The van der Waals surface area contributed by atoms with E-state index < -0.39 is 0 Å². The molecular weight excluding hydrogens is 114 g/mol. The molecule has 0 unspecified atom stereocenters. The Kier molecular flexibility index (Phi) is 6.58. The first kappa shape index (κ1) is 8.21. The minimum atomic E-state index is 0.862. The van der Waals surface area contributed by atoms with E-state index in [0.29, 0.717) is 0 Å². The highest BCUT2D eigenvalue weighted by molar-refractivity contribution is 5.55. The van der Waals surface area contributed by atoms with Gasteiger partial charge in [0, 0.05) is 6.21 Å². The van der Waals surface area contributed by atoms with Crippen molar-refractivity contribution in [3.05, 3.63) is 12.2 Å². The van der Waals surface area contributed by atoms with Gasteiger partial charge in [-0.2, -0.15) is 0 Å². The lowest BCUT2D eigenvalue weighted by molar-refractivity contribution is 0.320. The normalized spacial score (nSPS) is 11.7. The molecule has 0 aromatic heterocycles. The summed E-state index contributed by atoms with van der Waals surface area (Å²) in [6, 6.07) is 0. The van der Waals surface area contributed by atoms with Crippen LogP contribution in [-0.2, 0) is 0 Å². The van der Waals surface area contributed by atoms with E-state index in [4.69, 9.17) is 5.21 Å². The molecule has 0 atom stereocenters. The molecule has 0 bridgehead atoms. The summed E-state index contributed by atoms with van der Waals surface area (Å²) >= 11 is 0. The van der Waals surface area contributed by atoms with Gasteiger partial charge >= 0.3 is 0 Å². The van der Waals surface area contributed by atoms with Gasteiger partial charge in [-0.3, -0.25) is 0 Å². The fourth-order valence-corrected chi connectivity index (χ4v) is 0.551. The second-order valence-corrected chi connectivity index (χ2v) is 1.80. The molecule has 0 aliphatic heterocycles. The van der Waals surface area contributed by atoms with E-state index >= 15 is 0 Å². The van der Waals surface area contributed by atoms with Gasteiger partial charge in [0.15, 0.2) is 0 Å². The van der Waals surface area contributed by atoms with Crippen molar-refractivity contribution in [1.82, 2.24) is 0 Å². The van der Waals surface area contributed by atoms with E-state index in [-0.39, 0.29) is 0 Å². The highest BCUT2D eigenvalue weighted by atomic mass is 16.4. The first-order valence-corrected chi connectivity index (χ1v) is 3.19. The summed E-state index contributed by atoms with van der Waals surface area (Å²) in [5.74, 6) is 0. The molecule has 0 rings (SSSR count). The fraction of sp³-hybridized carbons (Fsp3) is 0.571. The van der Waals surface area contributed by atoms with Crippen LogP contribution in [0.2, 0.25) is 0 Å². The van der Waals surface area contributed by atoms with Gasteiger partial charge in [-0.05, 0) is 26.2 Å². The van der Waals surface area contributed by atoms with Crippen molar-refractivity contribution in [2.24, 2.45) is 5.16 Å². The molecule has 0 aromatic rings. The van der Waals surface area contributed by atoms with Crippen LogP contribution in [0.5, 0.6) is 0 Å². The van der Waals surface area contributed by atoms with Gasteiger partial charge in [-0.15, -0.1) is 5.16 Å². The number of oxime groups is 1. The maximum Gasteiger partial charge on any atom is 0.0436 e. The predicted octanol–water partition coefficient (Wildman–Crippen LogP) is 2.19. The van der Waals surface area contributed by atoms with Crippen LogP contribution in [0.1, 0.15) is 26.2 Å². The van der Waals surface area contributed by atoms with Crippen molar-refractivity contribution in [2.45, 2.75) is 26.2 Å². The zero-order chi connectivity index (χ0) is 6.95. The van der Waals surface area contributed by atoms with E-state index in [9.17, 15) is 0 Å². The van der Waals surface area contributed by atoms with Gasteiger partial charge in [0.05, 0.1) is 0 Å². The summed E-state index contributed by atoms with van der Waals surface area (Å²) in [4.78, 5) is 0. The maximum atomic E-state index is 7.97. The molecule has 0 spiro atoms. The molecule has 0 aliphatic rings. The van der Waals surface area contributed by atoms with E-state index in [1.54, 1.807) is 0 Å². The molecule has 0 heterocycles. The molecule has 0 saturated carbocycles. The van der Waals surface area contributed by atoms with Gasteiger partial charge < -0.3 is 5.21 Å². The van der Waals surface area contributed by atoms with Crippen LogP contribution in [-0.4, -0.2) is 11.4 Å². The molecule has 2 nitrogen and oxygen atoms in total. The summed E-state index contributed by atoms with van der Waals surface area (Å²) in [5.41, 5.74) is 0. The first-order valence-electron chi connectivity index (χ1n) is 3.19. The highest BCUT2D eigenvalue weighted by Gasteiger charge is 1.78.